The summed E-state index contributed by atoms with van der Waals surface area (Å²) in [5.74, 6) is -0.593. The van der Waals surface area contributed by atoms with E-state index in [0.29, 0.717) is 12.8 Å². The zero-order chi connectivity index (χ0) is 18.2. The average molecular weight is 351 g/mol. The summed E-state index contributed by atoms with van der Waals surface area (Å²) >= 11 is 0. The number of hydrogen-bond acceptors (Lipinski definition) is 4. The van der Waals surface area contributed by atoms with Crippen LogP contribution < -0.4 is 0 Å². The number of methoxy groups -OCH3 is 1. The van der Waals surface area contributed by atoms with Gasteiger partial charge in [0.15, 0.2) is 0 Å². The van der Waals surface area contributed by atoms with Gasteiger partial charge in [0.2, 0.25) is 10.0 Å². The molecule has 0 amide bonds. The molecule has 132 valence electrons. The molecule has 0 aliphatic carbocycles. The fourth-order valence-corrected chi connectivity index (χ4v) is 3.93. The van der Waals surface area contributed by atoms with Crippen molar-refractivity contribution in [3.05, 3.63) is 55.1 Å². The summed E-state index contributed by atoms with van der Waals surface area (Å²) in [6.07, 6.45) is 4.65. The van der Waals surface area contributed by atoms with Crippen LogP contribution in [0.5, 0.6) is 0 Å². The van der Waals surface area contributed by atoms with Crippen LogP contribution in [0.3, 0.4) is 0 Å². The van der Waals surface area contributed by atoms with Gasteiger partial charge in [-0.3, -0.25) is 4.79 Å². The van der Waals surface area contributed by atoms with Gasteiger partial charge in [-0.25, -0.2) is 8.42 Å². The summed E-state index contributed by atoms with van der Waals surface area (Å²) in [6.45, 7) is 9.35. The van der Waals surface area contributed by atoms with Gasteiger partial charge < -0.3 is 4.74 Å². The summed E-state index contributed by atoms with van der Waals surface area (Å²) in [6, 6.07) is 5.63. The van der Waals surface area contributed by atoms with Crippen LogP contribution in [0.15, 0.2) is 54.5 Å². The first-order chi connectivity index (χ1) is 11.4. The molecular formula is C18H25NO4S. The molecule has 1 rings (SSSR count). The Kier molecular flexibility index (Phi) is 7.88. The van der Waals surface area contributed by atoms with E-state index in [2.05, 4.69) is 13.2 Å². The summed E-state index contributed by atoms with van der Waals surface area (Å²) in [4.78, 5) is 12.3. The van der Waals surface area contributed by atoms with E-state index >= 15 is 0 Å². The number of sulfonamides is 1. The summed E-state index contributed by atoms with van der Waals surface area (Å²) in [5, 5.41) is 0. The van der Waals surface area contributed by atoms with Crippen molar-refractivity contribution < 1.29 is 17.9 Å². The molecule has 24 heavy (non-hydrogen) atoms. The predicted octanol–water partition coefficient (Wildman–Crippen LogP) is 3.07. The normalized spacial score (nSPS) is 12.6. The highest BCUT2D eigenvalue weighted by atomic mass is 32.2. The molecule has 1 aromatic carbocycles. The van der Waals surface area contributed by atoms with Crippen molar-refractivity contribution >= 4 is 16.0 Å². The SMILES string of the molecule is C=CCCCN(C(CC=C)C(=O)OC)S(=O)(=O)c1ccc(C)cc1. The largest absolute Gasteiger partial charge is 0.468 e. The second-order valence-corrected chi connectivity index (χ2v) is 7.31. The highest BCUT2D eigenvalue weighted by molar-refractivity contribution is 7.89. The fraction of sp³-hybridized carbons (Fsp3) is 0.389. The number of ether oxygens (including phenoxy) is 1. The molecule has 6 heteroatoms. The van der Waals surface area contributed by atoms with E-state index in [1.165, 1.54) is 17.5 Å². The van der Waals surface area contributed by atoms with Crippen molar-refractivity contribution in [1.29, 1.82) is 0 Å². The molecule has 0 spiro atoms. The third kappa shape index (κ3) is 5.04. The number of unbranched alkanes of at least 4 members (excludes halogenated alkanes) is 1. The Balaban J connectivity index is 3.27. The third-order valence-corrected chi connectivity index (χ3v) is 5.55. The van der Waals surface area contributed by atoms with Crippen LogP contribution in [-0.2, 0) is 19.6 Å². The summed E-state index contributed by atoms with van der Waals surface area (Å²) in [7, 11) is -2.58. The maximum absolute atomic E-state index is 13.0. The van der Waals surface area contributed by atoms with Crippen LogP contribution in [0.4, 0.5) is 0 Å². The minimum absolute atomic E-state index is 0.157. The zero-order valence-corrected chi connectivity index (χ0v) is 15.1. The van der Waals surface area contributed by atoms with Gasteiger partial charge in [-0.15, -0.1) is 13.2 Å². The lowest BCUT2D eigenvalue weighted by Crippen LogP contribution is -2.45. The van der Waals surface area contributed by atoms with Crippen molar-refractivity contribution in [3.63, 3.8) is 0 Å². The number of hydrogen-bond donors (Lipinski definition) is 0. The minimum atomic E-state index is -3.82. The molecule has 0 aliphatic rings. The lowest BCUT2D eigenvalue weighted by atomic mass is 10.2. The average Bonchev–Trinajstić information content (AvgIpc) is 2.57. The number of aryl methyl sites for hydroxylation is 1. The second-order valence-electron chi connectivity index (χ2n) is 5.42. The van der Waals surface area contributed by atoms with Gasteiger partial charge in [0.05, 0.1) is 12.0 Å². The first-order valence-corrected chi connectivity index (χ1v) is 9.20. The number of benzene rings is 1. The molecule has 0 N–H and O–H groups in total. The maximum Gasteiger partial charge on any atom is 0.324 e. The molecule has 0 heterocycles. The summed E-state index contributed by atoms with van der Waals surface area (Å²) < 4.78 is 32.1. The Bertz CT molecular complexity index is 665. The molecule has 0 radical (unpaired) electrons. The van der Waals surface area contributed by atoms with Crippen LogP contribution in [0.2, 0.25) is 0 Å². The van der Waals surface area contributed by atoms with Crippen LogP contribution in [0.25, 0.3) is 0 Å². The van der Waals surface area contributed by atoms with E-state index in [4.69, 9.17) is 4.74 Å². The molecule has 0 fully saturated rings. The Morgan fingerprint density at radius 1 is 1.25 bits per heavy atom. The molecule has 0 aliphatic heterocycles. The monoisotopic (exact) mass is 351 g/mol. The Morgan fingerprint density at radius 2 is 1.88 bits per heavy atom. The van der Waals surface area contributed by atoms with Crippen LogP contribution in [0.1, 0.15) is 24.8 Å². The Morgan fingerprint density at radius 3 is 2.38 bits per heavy atom. The highest BCUT2D eigenvalue weighted by Gasteiger charge is 2.35. The molecule has 5 nitrogen and oxygen atoms in total. The molecular weight excluding hydrogens is 326 g/mol. The van der Waals surface area contributed by atoms with Crippen molar-refractivity contribution in [2.24, 2.45) is 0 Å². The Labute approximate surface area is 144 Å². The van der Waals surface area contributed by atoms with Crippen LogP contribution in [0, 0.1) is 6.92 Å². The van der Waals surface area contributed by atoms with Gasteiger partial charge in [0.1, 0.15) is 6.04 Å². The van der Waals surface area contributed by atoms with Crippen molar-refractivity contribution in [2.45, 2.75) is 37.1 Å². The number of carbonyl (C=O) groups is 1. The van der Waals surface area contributed by atoms with E-state index in [0.717, 1.165) is 5.56 Å². The number of esters is 1. The molecule has 0 aromatic heterocycles. The first-order valence-electron chi connectivity index (χ1n) is 7.76. The van der Waals surface area contributed by atoms with Gasteiger partial charge >= 0.3 is 5.97 Å². The second kappa shape index (κ2) is 9.39. The zero-order valence-electron chi connectivity index (χ0n) is 14.3. The standard InChI is InChI=1S/C18H25NO4S/c1-5-7-8-14-19(17(9-6-2)18(20)23-4)24(21,22)16-12-10-15(3)11-13-16/h5-6,10-13,17H,1-2,7-9,14H2,3-4H3. The molecule has 1 unspecified atom stereocenters. The Hall–Kier alpha value is -1.92. The lowest BCUT2D eigenvalue weighted by Gasteiger charge is -2.28. The number of carbonyl (C=O) groups excluding carboxylic acids is 1. The molecule has 0 saturated heterocycles. The summed E-state index contributed by atoms with van der Waals surface area (Å²) in [5.41, 5.74) is 0.961. The van der Waals surface area contributed by atoms with E-state index in [1.807, 2.05) is 6.92 Å². The maximum atomic E-state index is 13.0. The first kappa shape index (κ1) is 20.1. The molecule has 1 atom stereocenters. The van der Waals surface area contributed by atoms with Gasteiger partial charge in [-0.1, -0.05) is 29.8 Å². The molecule has 1 aromatic rings. The third-order valence-electron chi connectivity index (χ3n) is 3.63. The lowest BCUT2D eigenvalue weighted by molar-refractivity contribution is -0.145. The number of nitrogens with zero attached hydrogens (tertiary/aromatic N) is 1. The fourth-order valence-electron chi connectivity index (χ4n) is 2.31. The minimum Gasteiger partial charge on any atom is -0.468 e. The quantitative estimate of drug-likeness (QED) is 0.369. The van der Waals surface area contributed by atoms with Crippen LogP contribution in [-0.4, -0.2) is 38.4 Å². The van der Waals surface area contributed by atoms with Gasteiger partial charge in [-0.2, -0.15) is 4.31 Å². The van der Waals surface area contributed by atoms with Gasteiger partial charge in [-0.05, 0) is 38.3 Å². The number of allylic oxidation sites excluding steroid dienone is 1. The predicted molar refractivity (Wildman–Crippen MR) is 95.1 cm³/mol. The molecule has 0 saturated carbocycles. The molecule has 0 bridgehead atoms. The van der Waals surface area contributed by atoms with Gasteiger partial charge in [0, 0.05) is 6.54 Å². The van der Waals surface area contributed by atoms with E-state index in [9.17, 15) is 13.2 Å². The van der Waals surface area contributed by atoms with Crippen LogP contribution >= 0.6 is 0 Å². The van der Waals surface area contributed by atoms with Crippen molar-refractivity contribution in [3.8, 4) is 0 Å². The van der Waals surface area contributed by atoms with E-state index < -0.39 is 22.0 Å². The van der Waals surface area contributed by atoms with Gasteiger partial charge in [0.25, 0.3) is 0 Å². The van der Waals surface area contributed by atoms with Crippen molar-refractivity contribution in [1.82, 2.24) is 4.31 Å². The van der Waals surface area contributed by atoms with Crippen molar-refractivity contribution in [2.75, 3.05) is 13.7 Å². The van der Waals surface area contributed by atoms with E-state index in [-0.39, 0.29) is 17.9 Å². The number of rotatable bonds is 10. The van der Waals surface area contributed by atoms with E-state index in [1.54, 1.807) is 30.3 Å². The highest BCUT2D eigenvalue weighted by Crippen LogP contribution is 2.22. The topological polar surface area (TPSA) is 63.7 Å². The smallest absolute Gasteiger partial charge is 0.324 e.